The Balaban J connectivity index is -0.000000180. The monoisotopic (exact) mass is 182 g/mol. The first kappa shape index (κ1) is 12.4. The topological polar surface area (TPSA) is 37.3 Å². The van der Waals surface area contributed by atoms with Gasteiger partial charge in [-0.15, -0.1) is 0 Å². The Labute approximate surface area is 101 Å². The number of halogens is 2. The van der Waals surface area contributed by atoms with Gasteiger partial charge in [0.25, 0.3) is 0 Å². The summed E-state index contributed by atoms with van der Waals surface area (Å²) in [6, 6.07) is 0. The van der Waals surface area contributed by atoms with Crippen LogP contribution in [0.4, 0.5) is 0 Å². The molecule has 8 heavy (non-hydrogen) atoms. The largest absolute Gasteiger partial charge is 1.00 e. The Bertz CT molecular complexity index is 92.3. The van der Waals surface area contributed by atoms with Crippen LogP contribution in [0.2, 0.25) is 0 Å². The molecule has 0 saturated heterocycles. The van der Waals surface area contributed by atoms with Crippen molar-refractivity contribution in [3.63, 3.8) is 0 Å². The van der Waals surface area contributed by atoms with Crippen LogP contribution in [0.25, 0.3) is 0 Å². The van der Waals surface area contributed by atoms with E-state index in [1.165, 1.54) is 6.92 Å². The van der Waals surface area contributed by atoms with E-state index in [2.05, 4.69) is 0 Å². The third kappa shape index (κ3) is 5.82. The van der Waals surface area contributed by atoms with Gasteiger partial charge in [0.05, 0.1) is 0 Å². The molecule has 44 valence electrons. The number of hydrogen-bond acceptors (Lipinski definition) is 1. The van der Waals surface area contributed by atoms with E-state index in [9.17, 15) is 4.79 Å². The van der Waals surface area contributed by atoms with Crippen LogP contribution in [0.3, 0.4) is 0 Å². The third-order valence-corrected chi connectivity index (χ3v) is 0.699. The molecule has 0 aliphatic heterocycles. The maximum atomic E-state index is 9.76. The van der Waals surface area contributed by atoms with Gasteiger partial charge in [-0.25, -0.2) is 4.79 Å². The first-order valence-corrected chi connectivity index (χ1v) is 2.31. The van der Waals surface area contributed by atoms with E-state index in [1.807, 2.05) is 0 Å². The maximum Gasteiger partial charge on any atom is 1.00 e. The molecule has 0 aliphatic carbocycles. The molecule has 1 N–H and O–H groups in total. The zero-order valence-corrected chi connectivity index (χ0v) is 9.25. The molecule has 0 aliphatic rings. The molecule has 2 nitrogen and oxygen atoms in total. The number of alkyl halides is 2. The summed E-state index contributed by atoms with van der Waals surface area (Å²) in [5.74, 6) is -1.23. The van der Waals surface area contributed by atoms with Crippen molar-refractivity contribution in [3.8, 4) is 0 Å². The van der Waals surface area contributed by atoms with Crippen LogP contribution >= 0.6 is 23.2 Å². The Hall–Kier alpha value is 1.69. The van der Waals surface area contributed by atoms with E-state index < -0.39 is 10.3 Å². The van der Waals surface area contributed by atoms with Crippen molar-refractivity contribution in [2.75, 3.05) is 0 Å². The van der Waals surface area contributed by atoms with Gasteiger partial charge in [-0.05, 0) is 6.92 Å². The van der Waals surface area contributed by atoms with Gasteiger partial charge in [0.2, 0.25) is 4.33 Å². The van der Waals surface area contributed by atoms with Gasteiger partial charge in [0.1, 0.15) is 0 Å². The molecule has 0 atom stereocenters. The summed E-state index contributed by atoms with van der Waals surface area (Å²) in [4.78, 5) is 9.76. The molecule has 0 radical (unpaired) electrons. The molecule has 0 spiro atoms. The van der Waals surface area contributed by atoms with E-state index in [-0.39, 0.29) is 52.8 Å². The summed E-state index contributed by atoms with van der Waals surface area (Å²) < 4.78 is -1.64. The smallest absolute Gasteiger partial charge is 1.00 e. The Morgan fingerprint density at radius 2 is 1.88 bits per heavy atom. The fourth-order valence-electron chi connectivity index (χ4n) is 0. The van der Waals surface area contributed by atoms with Crippen LogP contribution in [-0.4, -0.2) is 15.4 Å². The van der Waals surface area contributed by atoms with Crippen molar-refractivity contribution in [1.82, 2.24) is 0 Å². The summed E-state index contributed by atoms with van der Waals surface area (Å²) in [6.07, 6.45) is 0. The van der Waals surface area contributed by atoms with Gasteiger partial charge < -0.3 is 6.53 Å². The molecule has 0 amide bonds. The number of carbonyl (C=O) groups is 1. The first-order chi connectivity index (χ1) is 2.94. The third-order valence-electron chi connectivity index (χ3n) is 0.376. The Kier molecular flexibility index (Phi) is 6.95. The molecule has 0 rings (SSSR count). The molecule has 0 unspecified atom stereocenters. The van der Waals surface area contributed by atoms with Gasteiger partial charge in [-0.1, -0.05) is 23.2 Å². The Morgan fingerprint density at radius 3 is 1.88 bits per heavy atom. The molecule has 0 bridgehead atoms. The average Bonchev–Trinajstić information content (AvgIpc) is 1.31. The van der Waals surface area contributed by atoms with Crippen molar-refractivity contribution in [1.29, 1.82) is 0 Å². The van der Waals surface area contributed by atoms with Crippen LogP contribution in [0, 0.1) is 0 Å². The standard InChI is InChI=1S/C3H4Cl2O2.K.H/c1-3(4,5)2(6)7;;/h1H3,(H,6,7);;/q;+1;-1. The van der Waals surface area contributed by atoms with Gasteiger partial charge >= 0.3 is 57.4 Å². The van der Waals surface area contributed by atoms with Gasteiger partial charge in [0.15, 0.2) is 0 Å². The van der Waals surface area contributed by atoms with Crippen molar-refractivity contribution in [2.24, 2.45) is 0 Å². The molecule has 0 aromatic rings. The van der Waals surface area contributed by atoms with Gasteiger partial charge in [-0.3, -0.25) is 0 Å². The minimum absolute atomic E-state index is 0. The molecule has 0 fully saturated rings. The van der Waals surface area contributed by atoms with Crippen LogP contribution in [-0.2, 0) is 4.79 Å². The minimum atomic E-state index is -1.64. The summed E-state index contributed by atoms with van der Waals surface area (Å²) >= 11 is 10.1. The van der Waals surface area contributed by atoms with Crippen molar-refractivity contribution in [3.05, 3.63) is 0 Å². The molecule has 0 aromatic heterocycles. The molecular formula is C3H5Cl2KO2. The summed E-state index contributed by atoms with van der Waals surface area (Å²) in [6.45, 7) is 1.19. The predicted octanol–water partition coefficient (Wildman–Crippen LogP) is -1.62. The van der Waals surface area contributed by atoms with E-state index in [0.29, 0.717) is 0 Å². The summed E-state index contributed by atoms with van der Waals surface area (Å²) in [5, 5.41) is 7.99. The van der Waals surface area contributed by atoms with Crippen LogP contribution in [0.1, 0.15) is 8.35 Å². The van der Waals surface area contributed by atoms with E-state index in [1.54, 1.807) is 0 Å². The SMILES string of the molecule is CC(Cl)(Cl)C(=O)O.[H-].[K+]. The van der Waals surface area contributed by atoms with E-state index in [0.717, 1.165) is 0 Å². The van der Waals surface area contributed by atoms with Crippen molar-refractivity contribution >= 4 is 29.2 Å². The number of carboxylic acids is 1. The fourth-order valence-corrected chi connectivity index (χ4v) is 0. The van der Waals surface area contributed by atoms with E-state index >= 15 is 0 Å². The minimum Gasteiger partial charge on any atom is -1.00 e. The molecular weight excluding hydrogens is 178 g/mol. The first-order valence-electron chi connectivity index (χ1n) is 1.56. The normalized spacial score (nSPS) is 9.88. The molecule has 5 heteroatoms. The zero-order valence-electron chi connectivity index (χ0n) is 5.61. The zero-order chi connectivity index (χ0) is 6.08. The average molecular weight is 183 g/mol. The second-order valence-corrected chi connectivity index (χ2v) is 2.90. The molecule has 0 aromatic carbocycles. The number of aliphatic carboxylic acids is 1. The summed E-state index contributed by atoms with van der Waals surface area (Å²) in [7, 11) is 0. The number of carboxylic acid groups (broad SMARTS) is 1. The fraction of sp³-hybridized carbons (Fsp3) is 0.667. The Morgan fingerprint density at radius 1 is 1.75 bits per heavy atom. The van der Waals surface area contributed by atoms with Crippen LogP contribution < -0.4 is 51.4 Å². The second kappa shape index (κ2) is 4.49. The predicted molar refractivity (Wildman–Crippen MR) is 28.9 cm³/mol. The van der Waals surface area contributed by atoms with E-state index in [4.69, 9.17) is 28.3 Å². The van der Waals surface area contributed by atoms with Gasteiger partial charge in [0, 0.05) is 0 Å². The molecule has 0 saturated carbocycles. The number of hydrogen-bond donors (Lipinski definition) is 1. The van der Waals surface area contributed by atoms with Gasteiger partial charge in [-0.2, -0.15) is 0 Å². The second-order valence-electron chi connectivity index (χ2n) is 1.19. The van der Waals surface area contributed by atoms with Crippen molar-refractivity contribution in [2.45, 2.75) is 11.3 Å². The van der Waals surface area contributed by atoms with Crippen LogP contribution in [0.5, 0.6) is 0 Å². The number of rotatable bonds is 1. The summed E-state index contributed by atoms with van der Waals surface area (Å²) in [5.41, 5.74) is 0. The maximum absolute atomic E-state index is 9.76. The molecule has 0 heterocycles. The quantitative estimate of drug-likeness (QED) is 0.392. The van der Waals surface area contributed by atoms with Crippen LogP contribution in [0.15, 0.2) is 0 Å². The van der Waals surface area contributed by atoms with Crippen molar-refractivity contribution < 1.29 is 62.7 Å².